The van der Waals surface area contributed by atoms with Gasteiger partial charge in [-0.1, -0.05) is 29.9 Å². The molecule has 3 aliphatic heterocycles. The van der Waals surface area contributed by atoms with Gasteiger partial charge in [-0.25, -0.2) is 9.59 Å². The standard InChI is InChI=1S/C28H34ClN5O5S.C15H23N3O3/c1-28(2,3)39-27(36)34-13-10-18(34)16-38-22-15-30-11-8-17(22)14-32-20-9-12-31-25(35)23(20)26(40)33-21-7-5-6-19(29)24(21)37-4;1-15(2,3)21-14(19)18-7-5-12(18)10-20-13-9-17-6-4-11(13)8-16/h5-8,11,15,18,32H,9-10,12-14,16H2,1-4H3,(H,31,35)(H,33,40);4,6,9,12H,5,7-8,10,16H2,1-3H3/t18-;12-/m00/s1. The van der Waals surface area contributed by atoms with Crippen LogP contribution in [0.3, 0.4) is 0 Å². The number of halogens is 1. The number of nitrogens with one attached hydrogen (secondary N) is 3. The van der Waals surface area contributed by atoms with E-state index in [-0.39, 0.29) is 35.2 Å². The molecule has 0 radical (unpaired) electrons. The van der Waals surface area contributed by atoms with E-state index in [4.69, 9.17) is 53.2 Å². The molecule has 0 bridgehead atoms. The molecule has 0 aliphatic carbocycles. The molecule has 61 heavy (non-hydrogen) atoms. The van der Waals surface area contributed by atoms with Gasteiger partial charge in [-0.05, 0) is 78.6 Å². The van der Waals surface area contributed by atoms with E-state index in [2.05, 4.69) is 25.9 Å². The number of carbonyl (C=O) groups excluding carboxylic acids is 3. The fraction of sp³-hybridized carbons (Fsp3) is 0.488. The molecule has 0 spiro atoms. The zero-order valence-corrected chi connectivity index (χ0v) is 37.4. The van der Waals surface area contributed by atoms with Gasteiger partial charge in [0.2, 0.25) is 0 Å². The first-order chi connectivity index (χ1) is 29.0. The second-order valence-electron chi connectivity index (χ2n) is 16.5. The number of thiocarbonyl (C=S) groups is 1. The monoisotopic (exact) mass is 880 g/mol. The Morgan fingerprint density at radius 3 is 1.97 bits per heavy atom. The number of benzene rings is 1. The van der Waals surface area contributed by atoms with E-state index in [1.54, 1.807) is 52.8 Å². The molecule has 2 atom stereocenters. The van der Waals surface area contributed by atoms with Crippen LogP contribution in [0.1, 0.15) is 71.9 Å². The van der Waals surface area contributed by atoms with Crippen LogP contribution in [0.2, 0.25) is 5.02 Å². The van der Waals surface area contributed by atoms with Gasteiger partial charge in [0.15, 0.2) is 5.75 Å². The molecule has 2 fully saturated rings. The van der Waals surface area contributed by atoms with Crippen LogP contribution >= 0.6 is 23.8 Å². The topological polar surface area (TPSA) is 192 Å². The summed E-state index contributed by atoms with van der Waals surface area (Å²) in [7, 11) is 1.52. The summed E-state index contributed by atoms with van der Waals surface area (Å²) in [5, 5.41) is 9.76. The van der Waals surface area contributed by atoms with Crippen LogP contribution in [-0.4, -0.2) is 106 Å². The zero-order valence-electron chi connectivity index (χ0n) is 35.8. The molecule has 2 saturated heterocycles. The number of nitrogens with zero attached hydrogens (tertiary/aromatic N) is 4. The van der Waals surface area contributed by atoms with Crippen molar-refractivity contribution >= 4 is 52.6 Å². The van der Waals surface area contributed by atoms with Crippen LogP contribution in [0.25, 0.3) is 0 Å². The first-order valence-corrected chi connectivity index (χ1v) is 21.0. The van der Waals surface area contributed by atoms with Gasteiger partial charge in [0.05, 0.1) is 47.9 Å². The number of para-hydroxylation sites is 1. The summed E-state index contributed by atoms with van der Waals surface area (Å²) in [5.74, 6) is 1.44. The summed E-state index contributed by atoms with van der Waals surface area (Å²) in [5.41, 5.74) is 8.01. The fourth-order valence-electron chi connectivity index (χ4n) is 6.38. The van der Waals surface area contributed by atoms with Gasteiger partial charge in [-0.15, -0.1) is 0 Å². The van der Waals surface area contributed by atoms with Gasteiger partial charge >= 0.3 is 12.2 Å². The third-order valence-electron chi connectivity index (χ3n) is 9.69. The lowest BCUT2D eigenvalue weighted by Gasteiger charge is -2.41. The summed E-state index contributed by atoms with van der Waals surface area (Å²) in [6.45, 7) is 14.5. The molecule has 5 heterocycles. The van der Waals surface area contributed by atoms with Crippen molar-refractivity contribution in [1.82, 2.24) is 30.4 Å². The van der Waals surface area contributed by atoms with Gasteiger partial charge in [-0.3, -0.25) is 14.8 Å². The lowest BCUT2D eigenvalue weighted by atomic mass is 10.1. The second-order valence-corrected chi connectivity index (χ2v) is 17.3. The Bertz CT molecular complexity index is 2070. The summed E-state index contributed by atoms with van der Waals surface area (Å²) in [4.78, 5) is 49.2. The van der Waals surface area contributed by atoms with Gasteiger partial charge in [-0.2, -0.15) is 0 Å². The molecular weight excluding hydrogens is 824 g/mol. The number of aromatic nitrogens is 2. The Morgan fingerprint density at radius 2 is 1.46 bits per heavy atom. The van der Waals surface area contributed by atoms with Crippen molar-refractivity contribution in [2.24, 2.45) is 5.73 Å². The van der Waals surface area contributed by atoms with Crippen molar-refractivity contribution in [2.45, 2.75) is 97.2 Å². The maximum absolute atomic E-state index is 12.9. The number of pyridine rings is 2. The van der Waals surface area contributed by atoms with E-state index in [0.29, 0.717) is 91.6 Å². The Kier molecular flexibility index (Phi) is 16.0. The van der Waals surface area contributed by atoms with Gasteiger partial charge in [0.1, 0.15) is 40.9 Å². The molecule has 3 aliphatic rings. The van der Waals surface area contributed by atoms with Crippen molar-refractivity contribution in [2.75, 3.05) is 45.3 Å². The number of hydrogen-bond acceptors (Lipinski definition) is 13. The fourth-order valence-corrected chi connectivity index (χ4v) is 6.96. The molecule has 5 N–H and O–H groups in total. The first-order valence-electron chi connectivity index (χ1n) is 20.2. The van der Waals surface area contributed by atoms with E-state index >= 15 is 0 Å². The molecule has 3 amide bonds. The Balaban J connectivity index is 0.000000281. The number of ether oxygens (including phenoxy) is 5. The average Bonchev–Trinajstić information content (AvgIpc) is 3.15. The highest BCUT2D eigenvalue weighted by Crippen LogP contribution is 2.33. The van der Waals surface area contributed by atoms with Crippen LogP contribution < -0.4 is 35.9 Å². The number of likely N-dealkylation sites (tertiary alicyclic amines) is 2. The highest BCUT2D eigenvalue weighted by atomic mass is 35.5. The Morgan fingerprint density at radius 1 is 0.902 bits per heavy atom. The molecule has 1 aromatic carbocycles. The smallest absolute Gasteiger partial charge is 0.410 e. The molecule has 2 aromatic heterocycles. The number of carbonyl (C=O) groups is 3. The zero-order chi connectivity index (χ0) is 44.3. The lowest BCUT2D eigenvalue weighted by molar-refractivity contribution is -0.117. The van der Waals surface area contributed by atoms with Crippen molar-refractivity contribution in [1.29, 1.82) is 0 Å². The summed E-state index contributed by atoms with van der Waals surface area (Å²) in [6.07, 6.45) is 8.36. The van der Waals surface area contributed by atoms with Crippen molar-refractivity contribution in [3.8, 4) is 17.2 Å². The molecule has 3 aromatic rings. The highest BCUT2D eigenvalue weighted by molar-refractivity contribution is 7.81. The number of methoxy groups -OCH3 is 1. The maximum Gasteiger partial charge on any atom is 0.410 e. The number of amides is 3. The Labute approximate surface area is 367 Å². The minimum absolute atomic E-state index is 0.0469. The largest absolute Gasteiger partial charge is 0.493 e. The number of nitrogens with two attached hydrogens (primary N) is 1. The van der Waals surface area contributed by atoms with E-state index in [1.165, 1.54) is 7.11 Å². The molecule has 330 valence electrons. The average molecular weight is 881 g/mol. The van der Waals surface area contributed by atoms with Crippen molar-refractivity contribution in [3.05, 3.63) is 82.5 Å². The third-order valence-corrected chi connectivity index (χ3v) is 10.3. The molecular formula is C43H57ClN8O8S. The second kappa shape index (κ2) is 20.9. The van der Waals surface area contributed by atoms with Crippen molar-refractivity contribution in [3.63, 3.8) is 0 Å². The minimum atomic E-state index is -0.554. The Hall–Kier alpha value is -5.39. The van der Waals surface area contributed by atoms with E-state index in [0.717, 1.165) is 24.0 Å². The quantitative estimate of drug-likeness (QED) is 0.139. The first kappa shape index (κ1) is 46.7. The number of rotatable bonds is 13. The van der Waals surface area contributed by atoms with Gasteiger partial charge in [0.25, 0.3) is 5.91 Å². The maximum atomic E-state index is 12.9. The summed E-state index contributed by atoms with van der Waals surface area (Å²) in [6, 6.07) is 8.92. The van der Waals surface area contributed by atoms with Crippen LogP contribution in [0, 0.1) is 0 Å². The summed E-state index contributed by atoms with van der Waals surface area (Å²) >= 11 is 11.9. The van der Waals surface area contributed by atoms with Crippen LogP contribution in [-0.2, 0) is 27.4 Å². The van der Waals surface area contributed by atoms with E-state index in [9.17, 15) is 14.4 Å². The predicted octanol–water partition coefficient (Wildman–Crippen LogP) is 6.36. The minimum Gasteiger partial charge on any atom is -0.493 e. The molecule has 16 nitrogen and oxygen atoms in total. The summed E-state index contributed by atoms with van der Waals surface area (Å²) < 4.78 is 28.1. The molecule has 6 rings (SSSR count). The predicted molar refractivity (Wildman–Crippen MR) is 236 cm³/mol. The van der Waals surface area contributed by atoms with Gasteiger partial charge < -0.3 is 55.2 Å². The van der Waals surface area contributed by atoms with Crippen LogP contribution in [0.5, 0.6) is 17.2 Å². The lowest BCUT2D eigenvalue weighted by Crippen LogP contribution is -2.55. The van der Waals surface area contributed by atoms with E-state index < -0.39 is 11.2 Å². The number of anilines is 1. The SMILES string of the molecule is CC(C)(C)OC(=O)N1CC[C@H]1COc1cnccc1CN.COc1c(Cl)cccc1NC(=S)C1=C(NCc2ccncc2OC[C@@H]2CCN2C(=O)OC(C)(C)C)CCNC1=O. The molecule has 18 heteroatoms. The van der Waals surface area contributed by atoms with Crippen molar-refractivity contribution < 1.29 is 38.1 Å². The third kappa shape index (κ3) is 13.1. The van der Waals surface area contributed by atoms with Gasteiger partial charge in [0, 0.05) is 68.4 Å². The van der Waals surface area contributed by atoms with E-state index in [1.807, 2.05) is 53.7 Å². The van der Waals surface area contributed by atoms with Crippen LogP contribution in [0.15, 0.2) is 66.4 Å². The number of hydrogen-bond donors (Lipinski definition) is 4. The normalized spacial score (nSPS) is 17.4. The van der Waals surface area contributed by atoms with Crippen LogP contribution in [0.4, 0.5) is 15.3 Å². The molecule has 0 saturated carbocycles. The highest BCUT2D eigenvalue weighted by Gasteiger charge is 2.37. The molecule has 0 unspecified atom stereocenters.